The van der Waals surface area contributed by atoms with E-state index in [1.807, 2.05) is 0 Å². The molecule has 0 aromatic carbocycles. The second-order valence-corrected chi connectivity index (χ2v) is 3.66. The van der Waals surface area contributed by atoms with Crippen molar-refractivity contribution >= 4 is 17.6 Å². The van der Waals surface area contributed by atoms with E-state index in [1.54, 1.807) is 13.8 Å². The number of esters is 1. The third kappa shape index (κ3) is 4.69. The van der Waals surface area contributed by atoms with Gasteiger partial charge in [0, 0.05) is 19.2 Å². The quantitative estimate of drug-likeness (QED) is 0.745. The van der Waals surface area contributed by atoms with E-state index < -0.39 is 11.6 Å². The highest BCUT2D eigenvalue weighted by Crippen LogP contribution is 2.18. The number of aromatic nitrogens is 1. The van der Waals surface area contributed by atoms with Crippen LogP contribution in [0, 0.1) is 11.6 Å². The number of carbonyl (C=O) groups is 1. The Bertz CT molecular complexity index is 441. The van der Waals surface area contributed by atoms with Crippen molar-refractivity contribution in [1.29, 1.82) is 0 Å². The zero-order valence-electron chi connectivity index (χ0n) is 10.9. The number of ether oxygens (including phenoxy) is 1. The molecule has 0 radical (unpaired) electrons. The minimum absolute atomic E-state index is 0.0254. The van der Waals surface area contributed by atoms with Gasteiger partial charge in [-0.05, 0) is 13.8 Å². The molecule has 1 aromatic rings. The summed E-state index contributed by atoms with van der Waals surface area (Å²) >= 11 is 0. The Labute approximate surface area is 110 Å². The van der Waals surface area contributed by atoms with Gasteiger partial charge in [-0.25, -0.2) is 13.8 Å². The van der Waals surface area contributed by atoms with Gasteiger partial charge in [-0.1, -0.05) is 0 Å². The molecule has 0 fully saturated rings. The molecule has 7 heteroatoms. The van der Waals surface area contributed by atoms with Crippen molar-refractivity contribution < 1.29 is 18.3 Å². The van der Waals surface area contributed by atoms with Gasteiger partial charge in [0.15, 0.2) is 23.3 Å². The molecule has 0 amide bonds. The maximum absolute atomic E-state index is 13.4. The number of hydrogen-bond acceptors (Lipinski definition) is 5. The van der Waals surface area contributed by atoms with Gasteiger partial charge in [0.2, 0.25) is 0 Å². The van der Waals surface area contributed by atoms with Crippen molar-refractivity contribution in [2.45, 2.75) is 20.3 Å². The summed E-state index contributed by atoms with van der Waals surface area (Å²) in [6.07, 6.45) is 0.0862. The second-order valence-electron chi connectivity index (χ2n) is 3.66. The van der Waals surface area contributed by atoms with E-state index >= 15 is 0 Å². The molecule has 106 valence electrons. The largest absolute Gasteiger partial charge is 0.466 e. The second kappa shape index (κ2) is 7.50. The lowest BCUT2D eigenvalue weighted by Crippen LogP contribution is -2.14. The van der Waals surface area contributed by atoms with Crippen LogP contribution in [-0.4, -0.2) is 30.6 Å². The Kier molecular flexibility index (Phi) is 5.98. The molecule has 0 spiro atoms. The Morgan fingerprint density at radius 1 is 1.26 bits per heavy atom. The Morgan fingerprint density at radius 2 is 1.89 bits per heavy atom. The van der Waals surface area contributed by atoms with Crippen LogP contribution in [-0.2, 0) is 9.53 Å². The normalized spacial score (nSPS) is 10.1. The highest BCUT2D eigenvalue weighted by atomic mass is 19.1. The molecule has 0 aliphatic heterocycles. The van der Waals surface area contributed by atoms with Gasteiger partial charge in [0.1, 0.15) is 0 Å². The minimum atomic E-state index is -0.803. The summed E-state index contributed by atoms with van der Waals surface area (Å²) in [4.78, 5) is 14.9. The van der Waals surface area contributed by atoms with E-state index in [0.717, 1.165) is 6.07 Å². The molecule has 0 saturated heterocycles. The number of halogens is 2. The smallest absolute Gasteiger partial charge is 0.307 e. The van der Waals surface area contributed by atoms with Crippen molar-refractivity contribution in [2.75, 3.05) is 30.3 Å². The molecule has 0 saturated carbocycles. The number of rotatable bonds is 7. The maximum atomic E-state index is 13.4. The fraction of sp³-hybridized carbons (Fsp3) is 0.500. The van der Waals surface area contributed by atoms with Gasteiger partial charge < -0.3 is 15.4 Å². The van der Waals surface area contributed by atoms with E-state index in [9.17, 15) is 13.6 Å². The summed E-state index contributed by atoms with van der Waals surface area (Å²) in [7, 11) is 0. The van der Waals surface area contributed by atoms with Crippen LogP contribution in [0.4, 0.5) is 20.4 Å². The highest BCUT2D eigenvalue weighted by Gasteiger charge is 2.11. The molecule has 0 aliphatic rings. The zero-order chi connectivity index (χ0) is 14.3. The van der Waals surface area contributed by atoms with Gasteiger partial charge in [-0.3, -0.25) is 4.79 Å². The molecule has 0 aliphatic carbocycles. The molecular formula is C12H17F2N3O2. The summed E-state index contributed by atoms with van der Waals surface area (Å²) in [5.41, 5.74) is 0. The van der Waals surface area contributed by atoms with Gasteiger partial charge in [-0.2, -0.15) is 0 Å². The van der Waals surface area contributed by atoms with E-state index in [2.05, 4.69) is 15.6 Å². The molecular weight excluding hydrogens is 256 g/mol. The number of nitrogens with zero attached hydrogens (tertiary/aromatic N) is 1. The average Bonchev–Trinajstić information content (AvgIpc) is 2.35. The van der Waals surface area contributed by atoms with Crippen LogP contribution in [0.5, 0.6) is 0 Å². The summed E-state index contributed by atoms with van der Waals surface area (Å²) < 4.78 is 31.5. The molecule has 0 unspecified atom stereocenters. The predicted molar refractivity (Wildman–Crippen MR) is 68.1 cm³/mol. The number of nitrogens with one attached hydrogen (secondary N) is 2. The molecule has 19 heavy (non-hydrogen) atoms. The number of pyridine rings is 1. The molecule has 1 heterocycles. The average molecular weight is 273 g/mol. The lowest BCUT2D eigenvalue weighted by molar-refractivity contribution is -0.142. The Morgan fingerprint density at radius 3 is 2.47 bits per heavy atom. The third-order valence-corrected chi connectivity index (χ3v) is 2.20. The first-order valence-corrected chi connectivity index (χ1v) is 6.07. The summed E-state index contributed by atoms with van der Waals surface area (Å²) in [5.74, 6) is -2.06. The maximum Gasteiger partial charge on any atom is 0.307 e. The van der Waals surface area contributed by atoms with Crippen LogP contribution >= 0.6 is 0 Å². The van der Waals surface area contributed by atoms with Gasteiger partial charge in [-0.15, -0.1) is 0 Å². The molecule has 2 N–H and O–H groups in total. The molecule has 5 nitrogen and oxygen atoms in total. The molecule has 1 aromatic heterocycles. The lowest BCUT2D eigenvalue weighted by atomic mass is 10.3. The van der Waals surface area contributed by atoms with E-state index in [-0.39, 0.29) is 30.6 Å². The summed E-state index contributed by atoms with van der Waals surface area (Å²) in [5, 5.41) is 5.31. The van der Waals surface area contributed by atoms with Gasteiger partial charge in [0.05, 0.1) is 13.0 Å². The monoisotopic (exact) mass is 273 g/mol. The zero-order valence-corrected chi connectivity index (χ0v) is 10.9. The Hall–Kier alpha value is -1.92. The van der Waals surface area contributed by atoms with Gasteiger partial charge in [0.25, 0.3) is 0 Å². The van der Waals surface area contributed by atoms with Crippen LogP contribution in [0.15, 0.2) is 6.07 Å². The number of anilines is 2. The number of hydrogen-bond donors (Lipinski definition) is 2. The fourth-order valence-corrected chi connectivity index (χ4v) is 1.40. The van der Waals surface area contributed by atoms with Crippen molar-refractivity contribution in [3.63, 3.8) is 0 Å². The minimum Gasteiger partial charge on any atom is -0.466 e. The third-order valence-electron chi connectivity index (χ3n) is 2.20. The van der Waals surface area contributed by atoms with E-state index in [0.29, 0.717) is 13.2 Å². The van der Waals surface area contributed by atoms with Gasteiger partial charge >= 0.3 is 5.97 Å². The van der Waals surface area contributed by atoms with Crippen LogP contribution in [0.25, 0.3) is 0 Å². The van der Waals surface area contributed by atoms with Crippen molar-refractivity contribution in [3.8, 4) is 0 Å². The molecule has 0 atom stereocenters. The first-order chi connectivity index (χ1) is 9.08. The molecule has 1 rings (SSSR count). The highest BCUT2D eigenvalue weighted by molar-refractivity contribution is 5.70. The van der Waals surface area contributed by atoms with Crippen molar-refractivity contribution in [2.24, 2.45) is 0 Å². The lowest BCUT2D eigenvalue weighted by Gasteiger charge is -2.10. The Balaban J connectivity index is 2.62. The number of carbonyl (C=O) groups excluding carboxylic acids is 1. The first-order valence-electron chi connectivity index (χ1n) is 6.07. The van der Waals surface area contributed by atoms with E-state index in [1.165, 1.54) is 0 Å². The van der Waals surface area contributed by atoms with E-state index in [4.69, 9.17) is 4.74 Å². The predicted octanol–water partition coefficient (Wildman–Crippen LogP) is 2.16. The van der Waals surface area contributed by atoms with Crippen LogP contribution in [0.2, 0.25) is 0 Å². The van der Waals surface area contributed by atoms with Crippen LogP contribution in [0.1, 0.15) is 20.3 Å². The topological polar surface area (TPSA) is 63.2 Å². The van der Waals surface area contributed by atoms with Crippen LogP contribution < -0.4 is 10.6 Å². The summed E-state index contributed by atoms with van der Waals surface area (Å²) in [6.45, 7) is 4.41. The van der Waals surface area contributed by atoms with Crippen molar-refractivity contribution in [3.05, 3.63) is 17.7 Å². The summed E-state index contributed by atoms with van der Waals surface area (Å²) in [6, 6.07) is 0.748. The molecule has 0 bridgehead atoms. The SMILES string of the molecule is CCNc1nc(NCCC(=O)OCC)c(F)cc1F. The fourth-order valence-electron chi connectivity index (χ4n) is 1.40. The first kappa shape index (κ1) is 15.1. The van der Waals surface area contributed by atoms with Crippen molar-refractivity contribution in [1.82, 2.24) is 4.98 Å². The van der Waals surface area contributed by atoms with Crippen LogP contribution in [0.3, 0.4) is 0 Å². The standard InChI is InChI=1S/C12H17F2N3O2/c1-3-15-11-8(13)7-9(14)12(17-11)16-6-5-10(18)19-4-2/h7H,3-6H2,1-2H3,(H2,15,16,17).